The van der Waals surface area contributed by atoms with Gasteiger partial charge in [-0.1, -0.05) is 42.0 Å². The molecular formula is C18H20O2. The summed E-state index contributed by atoms with van der Waals surface area (Å²) in [6.45, 7) is 4.50. The van der Waals surface area contributed by atoms with Gasteiger partial charge in [-0.05, 0) is 37.1 Å². The average Bonchev–Trinajstić information content (AvgIpc) is 2.41. The summed E-state index contributed by atoms with van der Waals surface area (Å²) in [5.74, 6) is 1.04. The first-order chi connectivity index (χ1) is 9.63. The summed E-state index contributed by atoms with van der Waals surface area (Å²) in [5, 5.41) is 0. The van der Waals surface area contributed by atoms with Gasteiger partial charge in [-0.3, -0.25) is 4.79 Å². The lowest BCUT2D eigenvalue weighted by atomic mass is 10.1. The van der Waals surface area contributed by atoms with Crippen LogP contribution < -0.4 is 4.74 Å². The van der Waals surface area contributed by atoms with Gasteiger partial charge in [0.25, 0.3) is 0 Å². The van der Waals surface area contributed by atoms with Crippen LogP contribution in [0.1, 0.15) is 23.1 Å². The van der Waals surface area contributed by atoms with Gasteiger partial charge in [0.1, 0.15) is 11.5 Å². The van der Waals surface area contributed by atoms with Crippen molar-refractivity contribution in [1.82, 2.24) is 0 Å². The molecule has 2 rings (SSSR count). The minimum Gasteiger partial charge on any atom is -0.493 e. The molecule has 0 unspecified atom stereocenters. The molecule has 2 nitrogen and oxygen atoms in total. The van der Waals surface area contributed by atoms with Gasteiger partial charge >= 0.3 is 0 Å². The minimum atomic E-state index is 0.210. The number of benzene rings is 2. The van der Waals surface area contributed by atoms with E-state index in [0.29, 0.717) is 19.4 Å². The van der Waals surface area contributed by atoms with Gasteiger partial charge in [-0.15, -0.1) is 0 Å². The third kappa shape index (κ3) is 4.54. The Morgan fingerprint density at radius 2 is 1.75 bits per heavy atom. The number of aryl methyl sites for hydroxylation is 2. The number of hydrogen-bond donors (Lipinski definition) is 0. The largest absolute Gasteiger partial charge is 0.493 e. The Morgan fingerprint density at radius 1 is 1.00 bits per heavy atom. The fraction of sp³-hybridized carbons (Fsp3) is 0.278. The van der Waals surface area contributed by atoms with Crippen molar-refractivity contribution in [3.05, 3.63) is 65.2 Å². The van der Waals surface area contributed by atoms with Gasteiger partial charge in [0.05, 0.1) is 6.61 Å². The van der Waals surface area contributed by atoms with E-state index >= 15 is 0 Å². The van der Waals surface area contributed by atoms with Crippen LogP contribution in [0.2, 0.25) is 0 Å². The van der Waals surface area contributed by atoms with E-state index in [1.807, 2.05) is 62.4 Å². The molecule has 0 aliphatic rings. The Bertz CT molecular complexity index is 570. The van der Waals surface area contributed by atoms with Crippen LogP contribution in [0.4, 0.5) is 0 Å². The number of ether oxygens (including phenoxy) is 1. The zero-order chi connectivity index (χ0) is 14.4. The predicted molar refractivity (Wildman–Crippen MR) is 81.2 cm³/mol. The van der Waals surface area contributed by atoms with Crippen molar-refractivity contribution in [2.45, 2.75) is 26.7 Å². The van der Waals surface area contributed by atoms with Crippen LogP contribution in [0.15, 0.2) is 48.5 Å². The van der Waals surface area contributed by atoms with Crippen LogP contribution in [-0.2, 0) is 11.2 Å². The summed E-state index contributed by atoms with van der Waals surface area (Å²) < 4.78 is 5.59. The van der Waals surface area contributed by atoms with Gasteiger partial charge in [0, 0.05) is 12.8 Å². The van der Waals surface area contributed by atoms with E-state index in [-0.39, 0.29) is 5.78 Å². The molecule has 0 spiro atoms. The summed E-state index contributed by atoms with van der Waals surface area (Å²) in [7, 11) is 0. The normalized spacial score (nSPS) is 10.3. The van der Waals surface area contributed by atoms with E-state index in [2.05, 4.69) is 0 Å². The molecule has 0 aliphatic carbocycles. The molecule has 0 heterocycles. The smallest absolute Gasteiger partial charge is 0.140 e. The van der Waals surface area contributed by atoms with Crippen LogP contribution in [-0.4, -0.2) is 12.4 Å². The van der Waals surface area contributed by atoms with Gasteiger partial charge < -0.3 is 4.74 Å². The number of carbonyl (C=O) groups excluding carboxylic acids is 1. The lowest BCUT2D eigenvalue weighted by molar-refractivity contribution is -0.118. The van der Waals surface area contributed by atoms with E-state index in [1.54, 1.807) is 0 Å². The first-order valence-electron chi connectivity index (χ1n) is 6.90. The lowest BCUT2D eigenvalue weighted by Crippen LogP contribution is -2.08. The first-order valence-corrected chi connectivity index (χ1v) is 6.90. The Labute approximate surface area is 120 Å². The molecule has 0 aromatic heterocycles. The molecule has 0 N–H and O–H groups in total. The quantitative estimate of drug-likeness (QED) is 0.794. The molecule has 0 atom stereocenters. The molecule has 0 fully saturated rings. The second-order valence-corrected chi connectivity index (χ2v) is 5.12. The molecule has 2 aromatic carbocycles. The topological polar surface area (TPSA) is 26.3 Å². The molecule has 2 aromatic rings. The highest BCUT2D eigenvalue weighted by Gasteiger charge is 2.04. The Hall–Kier alpha value is -2.09. The van der Waals surface area contributed by atoms with Crippen molar-refractivity contribution in [2.75, 3.05) is 6.61 Å². The Kier molecular flexibility index (Phi) is 4.94. The van der Waals surface area contributed by atoms with E-state index in [1.165, 1.54) is 5.56 Å². The number of ketones is 1. The number of hydrogen-bond acceptors (Lipinski definition) is 2. The maximum absolute atomic E-state index is 11.9. The third-order valence-corrected chi connectivity index (χ3v) is 3.16. The zero-order valence-corrected chi connectivity index (χ0v) is 12.1. The van der Waals surface area contributed by atoms with Gasteiger partial charge in [0.2, 0.25) is 0 Å². The first kappa shape index (κ1) is 14.3. The fourth-order valence-corrected chi connectivity index (χ4v) is 2.01. The number of Topliss-reactive ketones (excluding diaryl/α,β-unsaturated/α-hetero) is 1. The van der Waals surface area contributed by atoms with Crippen LogP contribution in [0.5, 0.6) is 5.75 Å². The van der Waals surface area contributed by atoms with E-state index in [0.717, 1.165) is 16.9 Å². The van der Waals surface area contributed by atoms with Crippen molar-refractivity contribution in [3.63, 3.8) is 0 Å². The molecule has 0 saturated heterocycles. The summed E-state index contributed by atoms with van der Waals surface area (Å²) >= 11 is 0. The zero-order valence-electron chi connectivity index (χ0n) is 12.1. The van der Waals surface area contributed by atoms with Crippen LogP contribution in [0, 0.1) is 13.8 Å². The molecule has 2 heteroatoms. The lowest BCUT2D eigenvalue weighted by Gasteiger charge is -2.06. The number of rotatable bonds is 6. The Morgan fingerprint density at radius 3 is 2.45 bits per heavy atom. The van der Waals surface area contributed by atoms with Gasteiger partial charge in [-0.2, -0.15) is 0 Å². The second-order valence-electron chi connectivity index (χ2n) is 5.12. The van der Waals surface area contributed by atoms with Crippen molar-refractivity contribution >= 4 is 5.78 Å². The highest BCUT2D eigenvalue weighted by molar-refractivity contribution is 5.80. The maximum atomic E-state index is 11.9. The summed E-state index contributed by atoms with van der Waals surface area (Å²) in [5.41, 5.74) is 3.44. The molecule has 0 amide bonds. The van der Waals surface area contributed by atoms with Crippen LogP contribution in [0.3, 0.4) is 0 Å². The molecule has 0 bridgehead atoms. The van der Waals surface area contributed by atoms with Crippen LogP contribution >= 0.6 is 0 Å². The highest BCUT2D eigenvalue weighted by atomic mass is 16.5. The SMILES string of the molecule is Cc1ccc(CC(=O)CCOc2cccc(C)c2)cc1. The minimum absolute atomic E-state index is 0.210. The summed E-state index contributed by atoms with van der Waals surface area (Å²) in [6.07, 6.45) is 0.930. The van der Waals surface area contributed by atoms with Gasteiger partial charge in [-0.25, -0.2) is 0 Å². The molecular weight excluding hydrogens is 248 g/mol. The molecule has 0 saturated carbocycles. The predicted octanol–water partition coefficient (Wildman–Crippen LogP) is 3.88. The summed E-state index contributed by atoms with van der Waals surface area (Å²) in [4.78, 5) is 11.9. The molecule has 104 valence electrons. The number of carbonyl (C=O) groups is 1. The van der Waals surface area contributed by atoms with Crippen molar-refractivity contribution < 1.29 is 9.53 Å². The highest BCUT2D eigenvalue weighted by Crippen LogP contribution is 2.13. The van der Waals surface area contributed by atoms with Crippen LogP contribution in [0.25, 0.3) is 0 Å². The average molecular weight is 268 g/mol. The van der Waals surface area contributed by atoms with E-state index in [4.69, 9.17) is 4.74 Å². The monoisotopic (exact) mass is 268 g/mol. The fourth-order valence-electron chi connectivity index (χ4n) is 2.01. The van der Waals surface area contributed by atoms with E-state index < -0.39 is 0 Å². The maximum Gasteiger partial charge on any atom is 0.140 e. The second kappa shape index (κ2) is 6.90. The van der Waals surface area contributed by atoms with E-state index in [9.17, 15) is 4.79 Å². The molecule has 20 heavy (non-hydrogen) atoms. The van der Waals surface area contributed by atoms with Gasteiger partial charge in [0.15, 0.2) is 0 Å². The molecule has 0 radical (unpaired) electrons. The third-order valence-electron chi connectivity index (χ3n) is 3.16. The standard InChI is InChI=1S/C18H20O2/c1-14-6-8-16(9-7-14)13-17(19)10-11-20-18-5-3-4-15(2)12-18/h3-9,12H,10-11,13H2,1-2H3. The molecule has 0 aliphatic heterocycles. The van der Waals surface area contributed by atoms with Crippen molar-refractivity contribution in [3.8, 4) is 5.75 Å². The Balaban J connectivity index is 1.76. The van der Waals surface area contributed by atoms with Crippen molar-refractivity contribution in [1.29, 1.82) is 0 Å². The summed E-state index contributed by atoms with van der Waals surface area (Å²) in [6, 6.07) is 16.0. The van der Waals surface area contributed by atoms with Crippen molar-refractivity contribution in [2.24, 2.45) is 0 Å².